The lowest BCUT2D eigenvalue weighted by atomic mass is 9.96. The van der Waals surface area contributed by atoms with E-state index >= 15 is 0 Å². The zero-order valence-electron chi connectivity index (χ0n) is 18.3. The second-order valence-corrected chi connectivity index (χ2v) is 11.0. The molecule has 1 aliphatic rings. The number of carbonyl (C=O) groups is 2. The molecule has 2 aromatic rings. The van der Waals surface area contributed by atoms with Crippen LogP contribution in [0.4, 0.5) is 13.2 Å². The summed E-state index contributed by atoms with van der Waals surface area (Å²) >= 11 is 11.9. The largest absolute Gasteiger partial charge is 0.480 e. The summed E-state index contributed by atoms with van der Waals surface area (Å²) in [6.45, 7) is 1.30. The molecule has 2 aromatic carbocycles. The van der Waals surface area contributed by atoms with Gasteiger partial charge < -0.3 is 10.4 Å². The van der Waals surface area contributed by atoms with Gasteiger partial charge in [-0.2, -0.15) is 17.5 Å². The fraction of sp³-hybridized carbons (Fsp3) is 0.364. The minimum Gasteiger partial charge on any atom is -0.480 e. The van der Waals surface area contributed by atoms with Gasteiger partial charge in [-0.1, -0.05) is 41.4 Å². The normalized spacial score (nSPS) is 19.9. The summed E-state index contributed by atoms with van der Waals surface area (Å²) in [5.74, 6) is -2.50. The quantitative estimate of drug-likeness (QED) is 0.530. The number of amides is 1. The van der Waals surface area contributed by atoms with Crippen molar-refractivity contribution in [3.63, 3.8) is 0 Å². The first-order valence-electron chi connectivity index (χ1n) is 10.3. The summed E-state index contributed by atoms with van der Waals surface area (Å²) in [4.78, 5) is 24.8. The molecule has 1 saturated heterocycles. The number of nitrogens with one attached hydrogen (secondary N) is 1. The predicted molar refractivity (Wildman–Crippen MR) is 123 cm³/mol. The van der Waals surface area contributed by atoms with Gasteiger partial charge in [0.1, 0.15) is 11.6 Å². The first kappa shape index (κ1) is 27.3. The summed E-state index contributed by atoms with van der Waals surface area (Å²) in [7, 11) is -4.27. The SMILES string of the molecule is C[C@@]1(C(=O)N[C@@H](Cc2ccccc2C(F)(F)F)C(=O)O)CCCN1S(=O)(=O)c1cc(Cl)cc(Cl)c1. The summed E-state index contributed by atoms with van der Waals surface area (Å²) < 4.78 is 67.6. The minimum absolute atomic E-state index is 0.0367. The first-order chi connectivity index (χ1) is 16.2. The number of aliphatic carboxylic acids is 1. The summed E-state index contributed by atoms with van der Waals surface area (Å²) in [5.41, 5.74) is -3.03. The van der Waals surface area contributed by atoms with Gasteiger partial charge in [0.25, 0.3) is 0 Å². The highest BCUT2D eigenvalue weighted by Gasteiger charge is 2.50. The average molecular weight is 553 g/mol. The second kappa shape index (κ2) is 9.96. The van der Waals surface area contributed by atoms with Crippen molar-refractivity contribution in [1.82, 2.24) is 9.62 Å². The van der Waals surface area contributed by atoms with Crippen LogP contribution >= 0.6 is 23.2 Å². The van der Waals surface area contributed by atoms with Crippen molar-refractivity contribution in [2.24, 2.45) is 0 Å². The molecule has 1 fully saturated rings. The standard InChI is InChI=1S/C22H21Cl2F3N2O5S/c1-21(7-4-8-29(21)35(33,34)16-11-14(23)10-15(24)12-16)20(32)28-18(19(30)31)9-13-5-2-3-6-17(13)22(25,26)27/h2-3,5-6,10-12,18H,4,7-9H2,1H3,(H,28,32)(H,30,31)/t18-,21-/m0/s1. The highest BCUT2D eigenvalue weighted by Crippen LogP contribution is 2.37. The van der Waals surface area contributed by atoms with E-state index in [1.54, 1.807) is 0 Å². The number of carbonyl (C=O) groups excluding carboxylic acids is 1. The average Bonchev–Trinajstić information content (AvgIpc) is 3.16. The summed E-state index contributed by atoms with van der Waals surface area (Å²) in [6.07, 6.45) is -5.00. The smallest absolute Gasteiger partial charge is 0.416 e. The maximum absolute atomic E-state index is 13.3. The van der Waals surface area contributed by atoms with E-state index in [1.807, 2.05) is 0 Å². The van der Waals surface area contributed by atoms with Crippen LogP contribution in [0, 0.1) is 0 Å². The second-order valence-electron chi connectivity index (χ2n) is 8.28. The van der Waals surface area contributed by atoms with Crippen LogP contribution in [0.25, 0.3) is 0 Å². The number of halogens is 5. The lowest BCUT2D eigenvalue weighted by molar-refractivity contribution is -0.144. The van der Waals surface area contributed by atoms with Crippen molar-refractivity contribution >= 4 is 45.1 Å². The van der Waals surface area contributed by atoms with Crippen LogP contribution in [-0.4, -0.2) is 47.8 Å². The molecule has 0 unspecified atom stereocenters. The molecular weight excluding hydrogens is 532 g/mol. The molecule has 1 aliphatic heterocycles. The predicted octanol–water partition coefficient (Wildman–Crippen LogP) is 4.37. The zero-order chi connectivity index (χ0) is 26.2. The van der Waals surface area contributed by atoms with Crippen LogP contribution in [0.15, 0.2) is 47.4 Å². The molecule has 1 amide bonds. The Labute approximate surface area is 209 Å². The van der Waals surface area contributed by atoms with Crippen molar-refractivity contribution < 1.29 is 36.3 Å². The van der Waals surface area contributed by atoms with Gasteiger partial charge in [0, 0.05) is 23.0 Å². The number of sulfonamides is 1. The third-order valence-corrected chi connectivity index (χ3v) is 8.27. The Balaban J connectivity index is 1.90. The van der Waals surface area contributed by atoms with Crippen molar-refractivity contribution in [2.75, 3.05) is 6.54 Å². The Morgan fingerprint density at radius 3 is 2.34 bits per heavy atom. The zero-order valence-corrected chi connectivity index (χ0v) is 20.6. The molecule has 2 N–H and O–H groups in total. The van der Waals surface area contributed by atoms with Gasteiger partial charge in [-0.25, -0.2) is 13.2 Å². The van der Waals surface area contributed by atoms with E-state index in [0.717, 1.165) is 16.4 Å². The molecule has 0 spiro atoms. The van der Waals surface area contributed by atoms with Crippen LogP contribution in [0.2, 0.25) is 10.0 Å². The fourth-order valence-corrected chi connectivity index (χ4v) is 6.60. The molecule has 190 valence electrons. The van der Waals surface area contributed by atoms with Gasteiger partial charge in [-0.15, -0.1) is 0 Å². The number of nitrogens with zero attached hydrogens (tertiary/aromatic N) is 1. The minimum atomic E-state index is -4.72. The van der Waals surface area contributed by atoms with Crippen LogP contribution in [-0.2, 0) is 32.2 Å². The third-order valence-electron chi connectivity index (χ3n) is 5.84. The Bertz CT molecular complexity index is 1240. The lowest BCUT2D eigenvalue weighted by Gasteiger charge is -2.34. The molecule has 0 aliphatic carbocycles. The van der Waals surface area contributed by atoms with Crippen molar-refractivity contribution in [3.8, 4) is 0 Å². The number of alkyl halides is 3. The van der Waals surface area contributed by atoms with Crippen LogP contribution in [0.3, 0.4) is 0 Å². The number of benzene rings is 2. The Kier molecular flexibility index (Phi) is 7.76. The molecule has 1 heterocycles. The number of carboxylic acid groups (broad SMARTS) is 1. The summed E-state index contributed by atoms with van der Waals surface area (Å²) in [5, 5.41) is 12.0. The van der Waals surface area contributed by atoms with Gasteiger partial charge in [-0.05, 0) is 49.6 Å². The first-order valence-corrected chi connectivity index (χ1v) is 12.5. The van der Waals surface area contributed by atoms with E-state index in [4.69, 9.17) is 23.2 Å². The van der Waals surface area contributed by atoms with E-state index in [9.17, 15) is 36.3 Å². The van der Waals surface area contributed by atoms with E-state index in [2.05, 4.69) is 5.32 Å². The number of hydrogen-bond donors (Lipinski definition) is 2. The molecule has 13 heteroatoms. The molecule has 0 bridgehead atoms. The Hall–Kier alpha value is -2.34. The molecule has 0 radical (unpaired) electrons. The number of carboxylic acids is 1. The lowest BCUT2D eigenvalue weighted by Crippen LogP contribution is -2.58. The van der Waals surface area contributed by atoms with Gasteiger partial charge >= 0.3 is 12.1 Å². The highest BCUT2D eigenvalue weighted by atomic mass is 35.5. The monoisotopic (exact) mass is 552 g/mol. The van der Waals surface area contributed by atoms with Gasteiger partial charge in [0.15, 0.2) is 0 Å². The van der Waals surface area contributed by atoms with Crippen molar-refractivity contribution in [1.29, 1.82) is 0 Å². The van der Waals surface area contributed by atoms with E-state index in [-0.39, 0.29) is 33.5 Å². The molecule has 0 saturated carbocycles. The van der Waals surface area contributed by atoms with Crippen molar-refractivity contribution in [3.05, 3.63) is 63.6 Å². The van der Waals surface area contributed by atoms with Crippen LogP contribution in [0.1, 0.15) is 30.9 Å². The van der Waals surface area contributed by atoms with Gasteiger partial charge in [0.05, 0.1) is 10.5 Å². The van der Waals surface area contributed by atoms with E-state index < -0.39 is 51.6 Å². The van der Waals surface area contributed by atoms with Gasteiger partial charge in [0.2, 0.25) is 15.9 Å². The number of hydrogen-bond acceptors (Lipinski definition) is 4. The van der Waals surface area contributed by atoms with E-state index in [0.29, 0.717) is 6.42 Å². The Morgan fingerprint density at radius 1 is 1.17 bits per heavy atom. The fourth-order valence-electron chi connectivity index (χ4n) is 4.06. The molecule has 3 rings (SSSR count). The molecule has 2 atom stereocenters. The molecule has 0 aromatic heterocycles. The topological polar surface area (TPSA) is 104 Å². The van der Waals surface area contributed by atoms with Crippen LogP contribution in [0.5, 0.6) is 0 Å². The van der Waals surface area contributed by atoms with Crippen LogP contribution < -0.4 is 5.32 Å². The molecular formula is C22H21Cl2F3N2O5S. The molecule has 7 nitrogen and oxygen atoms in total. The maximum atomic E-state index is 13.3. The Morgan fingerprint density at radius 2 is 1.77 bits per heavy atom. The van der Waals surface area contributed by atoms with Gasteiger partial charge in [-0.3, -0.25) is 4.79 Å². The highest BCUT2D eigenvalue weighted by molar-refractivity contribution is 7.89. The van der Waals surface area contributed by atoms with E-state index in [1.165, 1.54) is 37.3 Å². The summed E-state index contributed by atoms with van der Waals surface area (Å²) in [6, 6.07) is 6.41. The van der Waals surface area contributed by atoms with Crippen molar-refractivity contribution in [2.45, 2.75) is 48.8 Å². The third kappa shape index (κ3) is 5.74. The number of rotatable bonds is 7. The maximum Gasteiger partial charge on any atom is 0.416 e. The molecule has 35 heavy (non-hydrogen) atoms.